The average molecular weight is 350 g/mol. The quantitative estimate of drug-likeness (QED) is 0.665. The van der Waals surface area contributed by atoms with Crippen LogP contribution in [0.5, 0.6) is 5.75 Å². The molecule has 4 rings (SSSR count). The van der Waals surface area contributed by atoms with E-state index in [-0.39, 0.29) is 24.5 Å². The summed E-state index contributed by atoms with van der Waals surface area (Å²) in [7, 11) is 0. The molecule has 6 heteroatoms. The minimum Gasteiger partial charge on any atom is -0.488 e. The van der Waals surface area contributed by atoms with Crippen molar-refractivity contribution in [1.82, 2.24) is 9.78 Å². The lowest BCUT2D eigenvalue weighted by atomic mass is 10.0. The molecule has 0 radical (unpaired) electrons. The summed E-state index contributed by atoms with van der Waals surface area (Å²) in [5.41, 5.74) is 3.36. The highest BCUT2D eigenvalue weighted by Crippen LogP contribution is 2.40. The fourth-order valence-corrected chi connectivity index (χ4v) is 3.16. The number of para-hydroxylation sites is 1. The van der Waals surface area contributed by atoms with Crippen molar-refractivity contribution in [2.75, 3.05) is 0 Å². The molecule has 3 aromatic rings. The molecule has 1 aliphatic rings. The molecule has 2 aromatic carbocycles. The molecular formula is C19H12ClN3O2. The Balaban J connectivity index is 2.00. The van der Waals surface area contributed by atoms with Gasteiger partial charge < -0.3 is 4.74 Å². The van der Waals surface area contributed by atoms with Gasteiger partial charge in [0.05, 0.1) is 17.5 Å². The Morgan fingerprint density at radius 3 is 2.92 bits per heavy atom. The zero-order chi connectivity index (χ0) is 17.4. The van der Waals surface area contributed by atoms with Crippen molar-refractivity contribution in [1.29, 1.82) is 5.26 Å². The zero-order valence-corrected chi connectivity index (χ0v) is 13.8. The van der Waals surface area contributed by atoms with E-state index in [1.54, 1.807) is 16.8 Å². The number of carbonyl (C=O) groups is 1. The maximum absolute atomic E-state index is 12.4. The van der Waals surface area contributed by atoms with Gasteiger partial charge in [0, 0.05) is 16.1 Å². The number of fused-ring (bicyclic) bond motifs is 3. The minimum atomic E-state index is -0.317. The van der Waals surface area contributed by atoms with Crippen LogP contribution in [0.15, 0.2) is 48.5 Å². The first-order valence-corrected chi connectivity index (χ1v) is 8.07. The van der Waals surface area contributed by atoms with E-state index < -0.39 is 0 Å². The number of ether oxygens (including phenoxy) is 1. The Morgan fingerprint density at radius 2 is 2.12 bits per heavy atom. The molecule has 0 N–H and O–H groups in total. The molecular weight excluding hydrogens is 338 g/mol. The molecule has 25 heavy (non-hydrogen) atoms. The predicted molar refractivity (Wildman–Crippen MR) is 92.9 cm³/mol. The second-order valence-electron chi connectivity index (χ2n) is 5.61. The van der Waals surface area contributed by atoms with E-state index >= 15 is 0 Å². The lowest BCUT2D eigenvalue weighted by molar-refractivity contribution is 0.0990. The van der Waals surface area contributed by atoms with Gasteiger partial charge >= 0.3 is 0 Å². The van der Waals surface area contributed by atoms with Crippen LogP contribution in [0.25, 0.3) is 16.9 Å². The number of rotatable bonds is 3. The monoisotopic (exact) mass is 349 g/mol. The van der Waals surface area contributed by atoms with Crippen molar-refractivity contribution in [2.24, 2.45) is 0 Å². The Morgan fingerprint density at radius 1 is 1.28 bits per heavy atom. The molecule has 0 unspecified atom stereocenters. The lowest BCUT2D eigenvalue weighted by Crippen LogP contribution is -2.09. The highest BCUT2D eigenvalue weighted by atomic mass is 35.5. The highest BCUT2D eigenvalue weighted by molar-refractivity contribution is 6.30. The highest BCUT2D eigenvalue weighted by Gasteiger charge is 2.29. The van der Waals surface area contributed by atoms with Gasteiger partial charge in [-0.3, -0.25) is 4.79 Å². The van der Waals surface area contributed by atoms with Gasteiger partial charge in [-0.25, -0.2) is 4.68 Å². The summed E-state index contributed by atoms with van der Waals surface area (Å²) < 4.78 is 7.48. The number of ketones is 1. The van der Waals surface area contributed by atoms with Gasteiger partial charge in [0.25, 0.3) is 0 Å². The minimum absolute atomic E-state index is 0.222. The van der Waals surface area contributed by atoms with E-state index in [2.05, 4.69) is 5.10 Å². The van der Waals surface area contributed by atoms with E-state index in [0.29, 0.717) is 10.6 Å². The van der Waals surface area contributed by atoms with Gasteiger partial charge in [-0.1, -0.05) is 29.8 Å². The fraction of sp³-hybridized carbons (Fsp3) is 0.105. The first kappa shape index (κ1) is 15.4. The van der Waals surface area contributed by atoms with E-state index in [1.165, 1.54) is 0 Å². The number of carbonyl (C=O) groups excluding carboxylic acids is 1. The molecule has 0 saturated carbocycles. The Bertz CT molecular complexity index is 1030. The topological polar surface area (TPSA) is 67.9 Å². The van der Waals surface area contributed by atoms with E-state index in [1.807, 2.05) is 42.5 Å². The van der Waals surface area contributed by atoms with Gasteiger partial charge in [-0.2, -0.15) is 10.4 Å². The Labute approximate surface area is 149 Å². The van der Waals surface area contributed by atoms with Crippen LogP contribution in [0.2, 0.25) is 5.02 Å². The molecule has 0 bridgehead atoms. The van der Waals surface area contributed by atoms with Crippen molar-refractivity contribution in [3.63, 3.8) is 0 Å². The zero-order valence-electron chi connectivity index (χ0n) is 13.1. The molecule has 1 aromatic heterocycles. The number of nitrogens with zero attached hydrogens (tertiary/aromatic N) is 3. The summed E-state index contributed by atoms with van der Waals surface area (Å²) in [6.07, 6.45) is -0.222. The first-order chi connectivity index (χ1) is 12.2. The van der Waals surface area contributed by atoms with E-state index in [9.17, 15) is 4.79 Å². The van der Waals surface area contributed by atoms with Gasteiger partial charge in [-0.15, -0.1) is 0 Å². The predicted octanol–water partition coefficient (Wildman–Crippen LogP) is 4.18. The van der Waals surface area contributed by atoms with Crippen LogP contribution in [-0.4, -0.2) is 15.6 Å². The average Bonchev–Trinajstić information content (AvgIpc) is 3.02. The van der Waals surface area contributed by atoms with Crippen molar-refractivity contribution in [2.45, 2.75) is 13.0 Å². The molecule has 0 spiro atoms. The second-order valence-corrected chi connectivity index (χ2v) is 6.05. The summed E-state index contributed by atoms with van der Waals surface area (Å²) in [6, 6.07) is 16.8. The second kappa shape index (κ2) is 6.08. The molecule has 0 atom stereocenters. The molecule has 122 valence electrons. The van der Waals surface area contributed by atoms with Crippen LogP contribution in [0.4, 0.5) is 0 Å². The fourth-order valence-electron chi connectivity index (χ4n) is 2.98. The third-order valence-electron chi connectivity index (χ3n) is 4.05. The Hall–Kier alpha value is -3.10. The molecule has 0 saturated heterocycles. The molecule has 1 aliphatic heterocycles. The van der Waals surface area contributed by atoms with Crippen molar-refractivity contribution >= 4 is 17.4 Å². The third kappa shape index (κ3) is 2.57. The normalized spacial score (nSPS) is 11.8. The van der Waals surface area contributed by atoms with E-state index in [0.717, 1.165) is 22.7 Å². The van der Waals surface area contributed by atoms with Crippen LogP contribution >= 0.6 is 11.6 Å². The van der Waals surface area contributed by atoms with Crippen molar-refractivity contribution < 1.29 is 9.53 Å². The van der Waals surface area contributed by atoms with Crippen LogP contribution in [0, 0.1) is 11.3 Å². The summed E-state index contributed by atoms with van der Waals surface area (Å²) >= 11 is 6.12. The van der Waals surface area contributed by atoms with Crippen LogP contribution in [0.1, 0.15) is 22.5 Å². The maximum Gasteiger partial charge on any atom is 0.197 e. The van der Waals surface area contributed by atoms with Crippen LogP contribution < -0.4 is 4.74 Å². The van der Waals surface area contributed by atoms with Gasteiger partial charge in [-0.05, 0) is 30.3 Å². The number of halogens is 1. The van der Waals surface area contributed by atoms with E-state index in [4.69, 9.17) is 21.6 Å². The summed E-state index contributed by atoms with van der Waals surface area (Å²) in [4.78, 5) is 12.4. The largest absolute Gasteiger partial charge is 0.488 e. The number of Topliss-reactive ketones (excluding diaryl/α,β-unsaturated/α-hetero) is 1. The summed E-state index contributed by atoms with van der Waals surface area (Å²) in [5, 5.41) is 13.9. The lowest BCUT2D eigenvalue weighted by Gasteiger charge is -2.19. The third-order valence-corrected chi connectivity index (χ3v) is 4.29. The van der Waals surface area contributed by atoms with Crippen LogP contribution in [0.3, 0.4) is 0 Å². The molecule has 0 fully saturated rings. The Kier molecular flexibility index (Phi) is 3.75. The summed E-state index contributed by atoms with van der Waals surface area (Å²) in [5.74, 6) is 0.417. The number of benzene rings is 2. The van der Waals surface area contributed by atoms with Gasteiger partial charge in [0.2, 0.25) is 0 Å². The van der Waals surface area contributed by atoms with Crippen molar-refractivity contribution in [3.05, 3.63) is 64.8 Å². The van der Waals surface area contributed by atoms with Crippen LogP contribution in [-0.2, 0) is 6.61 Å². The smallest absolute Gasteiger partial charge is 0.197 e. The number of hydrogen-bond donors (Lipinski definition) is 0. The number of hydrogen-bond acceptors (Lipinski definition) is 4. The first-order valence-electron chi connectivity index (χ1n) is 7.69. The maximum atomic E-state index is 12.4. The molecule has 0 amide bonds. The van der Waals surface area contributed by atoms with Gasteiger partial charge in [0.1, 0.15) is 24.5 Å². The summed E-state index contributed by atoms with van der Waals surface area (Å²) in [6.45, 7) is 0.236. The SMILES string of the molecule is N#CCC(=O)c1nn(-c2cccc(Cl)c2)c2c1COc1ccccc1-2. The van der Waals surface area contributed by atoms with Gasteiger partial charge in [0.15, 0.2) is 5.78 Å². The van der Waals surface area contributed by atoms with Crippen molar-refractivity contribution in [3.8, 4) is 28.8 Å². The molecule has 2 heterocycles. The number of aromatic nitrogens is 2. The molecule has 0 aliphatic carbocycles. The number of nitriles is 1. The molecule has 5 nitrogen and oxygen atoms in total. The standard InChI is InChI=1S/C19H12ClN3O2/c20-12-4-3-5-13(10-12)23-19-14-6-1-2-7-17(14)25-11-15(19)18(22-23)16(24)8-9-21/h1-7,10H,8,11H2.